The first-order chi connectivity index (χ1) is 10.2. The molecule has 21 heavy (non-hydrogen) atoms. The number of rotatable bonds is 2. The lowest BCUT2D eigenvalue weighted by molar-refractivity contribution is -0.123. The highest BCUT2D eigenvalue weighted by Crippen LogP contribution is 2.38. The van der Waals surface area contributed by atoms with Crippen molar-refractivity contribution in [2.75, 3.05) is 18.6 Å². The van der Waals surface area contributed by atoms with Crippen LogP contribution >= 0.6 is 0 Å². The van der Waals surface area contributed by atoms with Gasteiger partial charge in [-0.25, -0.2) is 0 Å². The van der Waals surface area contributed by atoms with Gasteiger partial charge in [0.25, 0.3) is 0 Å². The van der Waals surface area contributed by atoms with Gasteiger partial charge < -0.3 is 14.7 Å². The summed E-state index contributed by atoms with van der Waals surface area (Å²) in [5.41, 5.74) is 1.66. The number of carbonyl (C=O) groups is 1. The SMILES string of the molecule is COc1ccc2c(c1)C(O)CCN2C(=O)C1CCCCC1. The molecule has 0 bridgehead atoms. The van der Waals surface area contributed by atoms with E-state index < -0.39 is 6.10 Å². The minimum absolute atomic E-state index is 0.156. The second-order valence-electron chi connectivity index (χ2n) is 6.05. The first-order valence-electron chi connectivity index (χ1n) is 7.88. The molecule has 0 aromatic heterocycles. The number of anilines is 1. The monoisotopic (exact) mass is 289 g/mol. The summed E-state index contributed by atoms with van der Waals surface area (Å²) in [4.78, 5) is 14.7. The summed E-state index contributed by atoms with van der Waals surface area (Å²) in [5, 5.41) is 10.2. The molecule has 1 heterocycles. The molecule has 4 nitrogen and oxygen atoms in total. The van der Waals surface area contributed by atoms with Gasteiger partial charge in [-0.1, -0.05) is 19.3 Å². The average Bonchev–Trinajstić information content (AvgIpc) is 2.55. The van der Waals surface area contributed by atoms with Gasteiger partial charge in [-0.2, -0.15) is 0 Å². The van der Waals surface area contributed by atoms with Crippen molar-refractivity contribution in [2.45, 2.75) is 44.6 Å². The topological polar surface area (TPSA) is 49.8 Å². The van der Waals surface area contributed by atoms with E-state index in [1.807, 2.05) is 23.1 Å². The van der Waals surface area contributed by atoms with E-state index >= 15 is 0 Å². The van der Waals surface area contributed by atoms with Crippen LogP contribution in [0.4, 0.5) is 5.69 Å². The molecule has 1 N–H and O–H groups in total. The van der Waals surface area contributed by atoms with Gasteiger partial charge in [-0.05, 0) is 37.5 Å². The molecule has 3 rings (SSSR count). The lowest BCUT2D eigenvalue weighted by Crippen LogP contribution is -2.41. The molecule has 1 aromatic carbocycles. The van der Waals surface area contributed by atoms with Gasteiger partial charge in [0.1, 0.15) is 5.75 Å². The summed E-state index contributed by atoms with van der Waals surface area (Å²) < 4.78 is 5.23. The zero-order valence-electron chi connectivity index (χ0n) is 12.5. The van der Waals surface area contributed by atoms with Crippen LogP contribution in [0.1, 0.15) is 50.2 Å². The Balaban J connectivity index is 1.88. The molecule has 114 valence electrons. The number of fused-ring (bicyclic) bond motifs is 1. The zero-order chi connectivity index (χ0) is 14.8. The van der Waals surface area contributed by atoms with Gasteiger partial charge >= 0.3 is 0 Å². The Hall–Kier alpha value is -1.55. The van der Waals surface area contributed by atoms with E-state index in [-0.39, 0.29) is 11.8 Å². The van der Waals surface area contributed by atoms with E-state index in [2.05, 4.69) is 0 Å². The van der Waals surface area contributed by atoms with Crippen molar-refractivity contribution < 1.29 is 14.6 Å². The fourth-order valence-electron chi connectivity index (χ4n) is 3.50. The van der Waals surface area contributed by atoms with Crippen LogP contribution in [-0.4, -0.2) is 24.7 Å². The van der Waals surface area contributed by atoms with Crippen LogP contribution in [0.3, 0.4) is 0 Å². The van der Waals surface area contributed by atoms with Gasteiger partial charge in [0, 0.05) is 23.7 Å². The van der Waals surface area contributed by atoms with Crippen LogP contribution in [0, 0.1) is 5.92 Å². The highest BCUT2D eigenvalue weighted by atomic mass is 16.5. The summed E-state index contributed by atoms with van der Waals surface area (Å²) >= 11 is 0. The second kappa shape index (κ2) is 6.06. The molecule has 1 aliphatic heterocycles. The summed E-state index contributed by atoms with van der Waals surface area (Å²) in [6, 6.07) is 5.61. The molecule has 4 heteroatoms. The van der Waals surface area contributed by atoms with Crippen LogP contribution in [0.15, 0.2) is 18.2 Å². The average molecular weight is 289 g/mol. The summed E-state index contributed by atoms with van der Waals surface area (Å²) in [6.45, 7) is 0.607. The van der Waals surface area contributed by atoms with Gasteiger partial charge in [0.2, 0.25) is 5.91 Å². The molecule has 2 aliphatic rings. The van der Waals surface area contributed by atoms with Crippen molar-refractivity contribution in [1.82, 2.24) is 0 Å². The van der Waals surface area contributed by atoms with Crippen LogP contribution in [0.5, 0.6) is 5.75 Å². The van der Waals surface area contributed by atoms with Crippen LogP contribution in [0.2, 0.25) is 0 Å². The molecule has 1 amide bonds. The zero-order valence-corrected chi connectivity index (χ0v) is 12.5. The van der Waals surface area contributed by atoms with E-state index in [0.717, 1.165) is 42.7 Å². The Bertz CT molecular complexity index is 523. The maximum absolute atomic E-state index is 12.8. The minimum Gasteiger partial charge on any atom is -0.497 e. The third kappa shape index (κ3) is 2.77. The van der Waals surface area contributed by atoms with Crippen molar-refractivity contribution in [3.63, 3.8) is 0 Å². The standard InChI is InChI=1S/C17H23NO3/c1-21-13-7-8-15-14(11-13)16(19)9-10-18(15)17(20)12-5-3-2-4-6-12/h7-8,11-12,16,19H,2-6,9-10H2,1H3. The number of aliphatic hydroxyl groups is 1. The molecular formula is C17H23NO3. The van der Waals surface area contributed by atoms with E-state index in [9.17, 15) is 9.90 Å². The molecule has 1 unspecified atom stereocenters. The number of benzene rings is 1. The number of ether oxygens (including phenoxy) is 1. The first-order valence-corrected chi connectivity index (χ1v) is 7.88. The molecule has 1 atom stereocenters. The number of hydrogen-bond donors (Lipinski definition) is 1. The highest BCUT2D eigenvalue weighted by molar-refractivity contribution is 5.96. The Labute approximate surface area is 125 Å². The molecule has 1 saturated carbocycles. The summed E-state index contributed by atoms with van der Waals surface area (Å²) in [5.74, 6) is 1.11. The van der Waals surface area contributed by atoms with Crippen LogP contribution in [-0.2, 0) is 4.79 Å². The lowest BCUT2D eigenvalue weighted by Gasteiger charge is -2.35. The predicted octanol–water partition coefficient (Wildman–Crippen LogP) is 3.05. The number of hydrogen-bond acceptors (Lipinski definition) is 3. The Morgan fingerprint density at radius 3 is 2.71 bits per heavy atom. The third-order valence-corrected chi connectivity index (χ3v) is 4.73. The third-order valence-electron chi connectivity index (χ3n) is 4.73. The Morgan fingerprint density at radius 2 is 2.00 bits per heavy atom. The predicted molar refractivity (Wildman–Crippen MR) is 81.5 cm³/mol. The largest absolute Gasteiger partial charge is 0.497 e. The summed E-state index contributed by atoms with van der Waals surface area (Å²) in [7, 11) is 1.61. The van der Waals surface area contributed by atoms with E-state index in [4.69, 9.17) is 4.74 Å². The number of aliphatic hydroxyl groups excluding tert-OH is 1. The molecular weight excluding hydrogens is 266 g/mol. The number of amides is 1. The Morgan fingerprint density at radius 1 is 1.24 bits per heavy atom. The maximum Gasteiger partial charge on any atom is 0.230 e. The van der Waals surface area contributed by atoms with Gasteiger partial charge in [0.15, 0.2) is 0 Å². The second-order valence-corrected chi connectivity index (χ2v) is 6.05. The smallest absolute Gasteiger partial charge is 0.230 e. The van der Waals surface area contributed by atoms with Crippen LogP contribution in [0.25, 0.3) is 0 Å². The molecule has 0 saturated heterocycles. The normalized spacial score (nSPS) is 22.8. The van der Waals surface area contributed by atoms with Gasteiger partial charge in [-0.3, -0.25) is 4.79 Å². The number of methoxy groups -OCH3 is 1. The van der Waals surface area contributed by atoms with E-state index in [1.165, 1.54) is 6.42 Å². The molecule has 1 aromatic rings. The van der Waals surface area contributed by atoms with Crippen molar-refractivity contribution >= 4 is 11.6 Å². The molecule has 0 radical (unpaired) electrons. The summed E-state index contributed by atoms with van der Waals surface area (Å²) in [6.07, 6.45) is 5.65. The number of nitrogens with zero attached hydrogens (tertiary/aromatic N) is 1. The van der Waals surface area contributed by atoms with Crippen molar-refractivity contribution in [2.24, 2.45) is 5.92 Å². The fourth-order valence-corrected chi connectivity index (χ4v) is 3.50. The van der Waals surface area contributed by atoms with E-state index in [1.54, 1.807) is 7.11 Å². The van der Waals surface area contributed by atoms with Gasteiger partial charge in [0.05, 0.1) is 13.2 Å². The number of carbonyl (C=O) groups excluding carboxylic acids is 1. The molecule has 1 aliphatic carbocycles. The first kappa shape index (κ1) is 14.4. The maximum atomic E-state index is 12.8. The molecule has 1 fully saturated rings. The van der Waals surface area contributed by atoms with Crippen molar-refractivity contribution in [3.8, 4) is 5.75 Å². The van der Waals surface area contributed by atoms with Crippen molar-refractivity contribution in [1.29, 1.82) is 0 Å². The van der Waals surface area contributed by atoms with Gasteiger partial charge in [-0.15, -0.1) is 0 Å². The molecule has 0 spiro atoms. The van der Waals surface area contributed by atoms with E-state index in [0.29, 0.717) is 13.0 Å². The minimum atomic E-state index is -0.509. The highest BCUT2D eigenvalue weighted by Gasteiger charge is 2.32. The quantitative estimate of drug-likeness (QED) is 0.910. The lowest BCUT2D eigenvalue weighted by atomic mass is 9.87. The Kier molecular flexibility index (Phi) is 4.15. The fraction of sp³-hybridized carbons (Fsp3) is 0.588. The van der Waals surface area contributed by atoms with Crippen molar-refractivity contribution in [3.05, 3.63) is 23.8 Å². The van der Waals surface area contributed by atoms with Crippen LogP contribution < -0.4 is 9.64 Å².